The molecule has 7 heteroatoms. The molecule has 1 heterocycles. The van der Waals surface area contributed by atoms with Crippen LogP contribution in [0.1, 0.15) is 47.5 Å². The first-order chi connectivity index (χ1) is 12.0. The van der Waals surface area contributed by atoms with Crippen LogP contribution >= 0.6 is 22.9 Å². The van der Waals surface area contributed by atoms with Gasteiger partial charge in [0.15, 0.2) is 5.13 Å². The normalized spacial score (nSPS) is 15.0. The molecule has 1 aromatic heterocycles. The highest BCUT2D eigenvalue weighted by atomic mass is 35.5. The molecule has 0 spiro atoms. The highest BCUT2D eigenvalue weighted by Crippen LogP contribution is 2.28. The second-order valence-corrected chi connectivity index (χ2v) is 7.66. The number of rotatable bonds is 4. The summed E-state index contributed by atoms with van der Waals surface area (Å²) >= 11 is 7.13. The average molecular weight is 378 g/mol. The molecule has 2 N–H and O–H groups in total. The molecule has 0 saturated heterocycles. The van der Waals surface area contributed by atoms with Crippen molar-refractivity contribution in [3.8, 4) is 0 Å². The van der Waals surface area contributed by atoms with E-state index in [1.807, 2.05) is 0 Å². The molecule has 1 fully saturated rings. The number of nitrogens with zero attached hydrogens (tertiary/aromatic N) is 1. The molecular formula is C18H20ClN3O2S. The van der Waals surface area contributed by atoms with E-state index < -0.39 is 0 Å². The molecule has 0 unspecified atom stereocenters. The maximum atomic E-state index is 12.5. The molecule has 25 heavy (non-hydrogen) atoms. The predicted octanol–water partition coefficient (Wildman–Crippen LogP) is 4.88. The largest absolute Gasteiger partial charge is 0.321 e. The van der Waals surface area contributed by atoms with Crippen molar-refractivity contribution in [2.45, 2.75) is 39.0 Å². The fourth-order valence-electron chi connectivity index (χ4n) is 2.99. The third kappa shape index (κ3) is 4.58. The van der Waals surface area contributed by atoms with E-state index in [4.69, 9.17) is 11.6 Å². The number of carbonyl (C=O) groups excluding carboxylic acids is 2. The number of aryl methyl sites for hydroxylation is 1. The number of nitrogens with one attached hydrogen (secondary N) is 2. The Hall–Kier alpha value is -1.92. The van der Waals surface area contributed by atoms with E-state index >= 15 is 0 Å². The van der Waals surface area contributed by atoms with E-state index in [9.17, 15) is 9.59 Å². The van der Waals surface area contributed by atoms with E-state index in [1.54, 1.807) is 31.2 Å². The van der Waals surface area contributed by atoms with Gasteiger partial charge in [-0.1, -0.05) is 48.3 Å². The fourth-order valence-corrected chi connectivity index (χ4v) is 4.04. The molecule has 1 aromatic carbocycles. The lowest BCUT2D eigenvalue weighted by molar-refractivity contribution is -0.120. The molecule has 132 valence electrons. The van der Waals surface area contributed by atoms with Crippen molar-refractivity contribution in [3.63, 3.8) is 0 Å². The molecule has 0 atom stereocenters. The van der Waals surface area contributed by atoms with Gasteiger partial charge in [-0.05, 0) is 38.0 Å². The Bertz CT molecular complexity index is 784. The van der Waals surface area contributed by atoms with Crippen LogP contribution in [0.15, 0.2) is 24.3 Å². The van der Waals surface area contributed by atoms with Crippen molar-refractivity contribution < 1.29 is 9.59 Å². The van der Waals surface area contributed by atoms with Gasteiger partial charge in [-0.2, -0.15) is 0 Å². The number of anilines is 2. The number of thiazole rings is 1. The van der Waals surface area contributed by atoms with Crippen LogP contribution in [0.4, 0.5) is 10.8 Å². The lowest BCUT2D eigenvalue weighted by Gasteiger charge is -2.19. The Labute approximate surface area is 155 Å². The maximum absolute atomic E-state index is 12.5. The van der Waals surface area contributed by atoms with Gasteiger partial charge in [0, 0.05) is 16.6 Å². The molecular weight excluding hydrogens is 358 g/mol. The number of aromatic nitrogens is 1. The number of halogens is 1. The van der Waals surface area contributed by atoms with Gasteiger partial charge in [0.2, 0.25) is 5.91 Å². The zero-order valence-corrected chi connectivity index (χ0v) is 15.5. The summed E-state index contributed by atoms with van der Waals surface area (Å²) in [5, 5.41) is 6.70. The summed E-state index contributed by atoms with van der Waals surface area (Å²) in [5.41, 5.74) is 1.22. The molecule has 1 saturated carbocycles. The standard InChI is InChI=1S/C18H20ClN3O2S/c1-11-15(17(24)21-14-9-5-8-13(19)10-14)25-18(20-11)22-16(23)12-6-3-2-4-7-12/h5,8-10,12H,2-4,6-7H2,1H3,(H,21,24)(H,20,22,23). The summed E-state index contributed by atoms with van der Waals surface area (Å²) < 4.78 is 0. The molecule has 0 radical (unpaired) electrons. The van der Waals surface area contributed by atoms with Gasteiger partial charge in [-0.15, -0.1) is 0 Å². The van der Waals surface area contributed by atoms with Gasteiger partial charge in [0.1, 0.15) is 4.88 Å². The molecule has 2 aromatic rings. The first-order valence-electron chi connectivity index (χ1n) is 8.38. The zero-order chi connectivity index (χ0) is 17.8. The third-order valence-corrected chi connectivity index (χ3v) is 5.60. The van der Waals surface area contributed by atoms with Crippen LogP contribution in [0, 0.1) is 12.8 Å². The van der Waals surface area contributed by atoms with Crippen LogP contribution in [-0.2, 0) is 4.79 Å². The molecule has 0 aliphatic heterocycles. The lowest BCUT2D eigenvalue weighted by Crippen LogP contribution is -2.24. The van der Waals surface area contributed by atoms with Crippen LogP contribution in [0.3, 0.4) is 0 Å². The van der Waals surface area contributed by atoms with E-state index in [0.717, 1.165) is 25.7 Å². The van der Waals surface area contributed by atoms with Crippen LogP contribution in [-0.4, -0.2) is 16.8 Å². The van der Waals surface area contributed by atoms with Crippen molar-refractivity contribution in [2.75, 3.05) is 10.6 Å². The Morgan fingerprint density at radius 2 is 1.96 bits per heavy atom. The molecule has 0 bridgehead atoms. The lowest BCUT2D eigenvalue weighted by atomic mass is 9.89. The second-order valence-electron chi connectivity index (χ2n) is 6.22. The summed E-state index contributed by atoms with van der Waals surface area (Å²) in [4.78, 5) is 29.6. The second kappa shape index (κ2) is 7.97. The van der Waals surface area contributed by atoms with E-state index in [-0.39, 0.29) is 17.7 Å². The minimum absolute atomic E-state index is 0.00949. The maximum Gasteiger partial charge on any atom is 0.267 e. The van der Waals surface area contributed by atoms with Crippen molar-refractivity contribution in [2.24, 2.45) is 5.92 Å². The van der Waals surface area contributed by atoms with Crippen molar-refractivity contribution >= 4 is 45.6 Å². The van der Waals surface area contributed by atoms with Crippen molar-refractivity contribution in [1.29, 1.82) is 0 Å². The van der Waals surface area contributed by atoms with E-state index in [0.29, 0.717) is 26.4 Å². The number of benzene rings is 1. The SMILES string of the molecule is Cc1nc(NC(=O)C2CCCCC2)sc1C(=O)Nc1cccc(Cl)c1. The molecule has 1 aliphatic carbocycles. The number of carbonyl (C=O) groups is 2. The van der Waals surface area contributed by atoms with Gasteiger partial charge in [-0.25, -0.2) is 4.98 Å². The molecule has 5 nitrogen and oxygen atoms in total. The van der Waals surface area contributed by atoms with Gasteiger partial charge >= 0.3 is 0 Å². The van der Waals surface area contributed by atoms with Crippen molar-refractivity contribution in [3.05, 3.63) is 39.9 Å². The van der Waals surface area contributed by atoms with Crippen LogP contribution < -0.4 is 10.6 Å². The predicted molar refractivity (Wildman–Crippen MR) is 101 cm³/mol. The highest BCUT2D eigenvalue weighted by molar-refractivity contribution is 7.17. The van der Waals surface area contributed by atoms with Gasteiger partial charge < -0.3 is 10.6 Å². The van der Waals surface area contributed by atoms with Gasteiger partial charge in [0.25, 0.3) is 5.91 Å². The van der Waals surface area contributed by atoms with Crippen molar-refractivity contribution in [1.82, 2.24) is 4.98 Å². The highest BCUT2D eigenvalue weighted by Gasteiger charge is 2.23. The smallest absolute Gasteiger partial charge is 0.267 e. The number of hydrogen-bond donors (Lipinski definition) is 2. The monoisotopic (exact) mass is 377 g/mol. The third-order valence-electron chi connectivity index (χ3n) is 4.29. The summed E-state index contributed by atoms with van der Waals surface area (Å²) in [5.74, 6) is -0.188. The fraction of sp³-hybridized carbons (Fsp3) is 0.389. The van der Waals surface area contributed by atoms with Gasteiger partial charge in [0.05, 0.1) is 5.69 Å². The van der Waals surface area contributed by atoms with Gasteiger partial charge in [-0.3, -0.25) is 9.59 Å². The van der Waals surface area contributed by atoms with E-state index in [2.05, 4.69) is 15.6 Å². The molecule has 3 rings (SSSR count). The summed E-state index contributed by atoms with van der Waals surface area (Å²) in [6.45, 7) is 1.76. The zero-order valence-electron chi connectivity index (χ0n) is 14.0. The van der Waals surface area contributed by atoms with Crippen LogP contribution in [0.2, 0.25) is 5.02 Å². The minimum Gasteiger partial charge on any atom is -0.321 e. The average Bonchev–Trinajstić information content (AvgIpc) is 2.96. The number of amides is 2. The Kier molecular flexibility index (Phi) is 5.71. The summed E-state index contributed by atoms with van der Waals surface area (Å²) in [7, 11) is 0. The Morgan fingerprint density at radius 1 is 1.20 bits per heavy atom. The minimum atomic E-state index is -0.254. The Balaban J connectivity index is 1.67. The van der Waals surface area contributed by atoms with Crippen LogP contribution in [0.5, 0.6) is 0 Å². The first-order valence-corrected chi connectivity index (χ1v) is 9.57. The Morgan fingerprint density at radius 3 is 2.68 bits per heavy atom. The number of hydrogen-bond acceptors (Lipinski definition) is 4. The quantitative estimate of drug-likeness (QED) is 0.797. The summed E-state index contributed by atoms with van der Waals surface area (Å²) in [6, 6.07) is 6.97. The van der Waals surface area contributed by atoms with E-state index in [1.165, 1.54) is 17.8 Å². The first kappa shape index (κ1) is 17.9. The van der Waals surface area contributed by atoms with Crippen LogP contribution in [0.25, 0.3) is 0 Å². The molecule has 2 amide bonds. The summed E-state index contributed by atoms with van der Waals surface area (Å²) in [6.07, 6.45) is 5.26. The molecule has 1 aliphatic rings. The topological polar surface area (TPSA) is 71.1 Å².